The molecule has 3 aliphatic heterocycles. The minimum Gasteiger partial charge on any atom is -0.486 e. The summed E-state index contributed by atoms with van der Waals surface area (Å²) in [6.45, 7) is 4.79. The number of carbonyl (C=O) groups is 1. The van der Waals surface area contributed by atoms with Crippen molar-refractivity contribution in [2.75, 3.05) is 39.9 Å². The Labute approximate surface area is 142 Å². The normalized spacial score (nSPS) is 27.2. The summed E-state index contributed by atoms with van der Waals surface area (Å²) in [4.78, 5) is 15.9. The number of fused-ring (bicyclic) bond motifs is 1. The monoisotopic (exact) mass is 332 g/mol. The van der Waals surface area contributed by atoms with Crippen molar-refractivity contribution in [3.05, 3.63) is 23.8 Å². The number of likely N-dealkylation sites (tertiary alicyclic amines) is 1. The van der Waals surface area contributed by atoms with E-state index in [1.54, 1.807) is 4.90 Å². The van der Waals surface area contributed by atoms with Crippen LogP contribution in [0, 0.1) is 0 Å². The first-order valence-corrected chi connectivity index (χ1v) is 8.69. The van der Waals surface area contributed by atoms with E-state index in [9.17, 15) is 4.79 Å². The van der Waals surface area contributed by atoms with Gasteiger partial charge in [0.05, 0.1) is 6.54 Å². The van der Waals surface area contributed by atoms with Crippen LogP contribution in [0.25, 0.3) is 0 Å². The lowest BCUT2D eigenvalue weighted by molar-refractivity contribution is 0.0443. The van der Waals surface area contributed by atoms with Gasteiger partial charge in [-0.1, -0.05) is 6.07 Å². The van der Waals surface area contributed by atoms with Gasteiger partial charge >= 0.3 is 6.09 Å². The molecule has 1 aromatic carbocycles. The Hall–Kier alpha value is -1.95. The summed E-state index contributed by atoms with van der Waals surface area (Å²) in [5.41, 5.74) is 0.948. The number of benzene rings is 1. The van der Waals surface area contributed by atoms with Crippen molar-refractivity contribution < 1.29 is 19.0 Å². The maximum Gasteiger partial charge on any atom is 0.410 e. The van der Waals surface area contributed by atoms with Crippen molar-refractivity contribution in [3.8, 4) is 11.5 Å². The summed E-state index contributed by atoms with van der Waals surface area (Å²) < 4.78 is 16.9. The van der Waals surface area contributed by atoms with Gasteiger partial charge in [0, 0.05) is 26.6 Å². The third-order valence-corrected chi connectivity index (χ3v) is 5.14. The van der Waals surface area contributed by atoms with Crippen LogP contribution in [0.4, 0.5) is 4.79 Å². The SMILES string of the molecule is CN1CC2(CCCN(Cc3ccc4c(c3)OCCO4)CC2)OC1=O. The predicted octanol–water partition coefficient (Wildman–Crippen LogP) is 2.26. The molecule has 1 unspecified atom stereocenters. The molecular weight excluding hydrogens is 308 g/mol. The fourth-order valence-corrected chi connectivity index (χ4v) is 3.88. The van der Waals surface area contributed by atoms with E-state index in [0.717, 1.165) is 50.4 Å². The zero-order valence-electron chi connectivity index (χ0n) is 14.1. The second-order valence-corrected chi connectivity index (χ2v) is 7.01. The molecule has 0 saturated carbocycles. The first-order chi connectivity index (χ1) is 11.6. The molecule has 2 saturated heterocycles. The highest BCUT2D eigenvalue weighted by molar-refractivity contribution is 5.70. The van der Waals surface area contributed by atoms with Crippen LogP contribution < -0.4 is 9.47 Å². The van der Waals surface area contributed by atoms with Crippen LogP contribution >= 0.6 is 0 Å². The molecule has 1 amide bonds. The highest BCUT2D eigenvalue weighted by atomic mass is 16.6. The molecule has 3 aliphatic rings. The predicted molar refractivity (Wildman–Crippen MR) is 88.4 cm³/mol. The number of likely N-dealkylation sites (N-methyl/N-ethyl adjacent to an activating group) is 1. The first kappa shape index (κ1) is 15.6. The molecule has 1 atom stereocenters. The van der Waals surface area contributed by atoms with Gasteiger partial charge in [-0.3, -0.25) is 4.90 Å². The number of amides is 1. The van der Waals surface area contributed by atoms with Crippen LogP contribution in [-0.2, 0) is 11.3 Å². The van der Waals surface area contributed by atoms with Crippen molar-refractivity contribution in [3.63, 3.8) is 0 Å². The van der Waals surface area contributed by atoms with Crippen LogP contribution in [-0.4, -0.2) is 61.4 Å². The van der Waals surface area contributed by atoms with Crippen molar-refractivity contribution in [2.45, 2.75) is 31.4 Å². The standard InChI is InChI=1S/C18H24N2O4/c1-19-13-18(24-17(19)21)5-2-7-20(8-6-18)12-14-3-4-15-16(11-14)23-10-9-22-15/h3-4,11H,2,5-10,12-13H2,1H3. The van der Waals surface area contributed by atoms with Crippen LogP contribution in [0.1, 0.15) is 24.8 Å². The second-order valence-electron chi connectivity index (χ2n) is 7.01. The molecular formula is C18H24N2O4. The van der Waals surface area contributed by atoms with Gasteiger partial charge in [-0.05, 0) is 37.1 Å². The summed E-state index contributed by atoms with van der Waals surface area (Å²) in [6.07, 6.45) is 2.70. The van der Waals surface area contributed by atoms with Gasteiger partial charge in [0.2, 0.25) is 0 Å². The van der Waals surface area contributed by atoms with Gasteiger partial charge in [-0.2, -0.15) is 0 Å². The van der Waals surface area contributed by atoms with E-state index in [2.05, 4.69) is 17.0 Å². The molecule has 24 heavy (non-hydrogen) atoms. The largest absolute Gasteiger partial charge is 0.486 e. The van der Waals surface area contributed by atoms with Crippen LogP contribution in [0.5, 0.6) is 11.5 Å². The third-order valence-electron chi connectivity index (χ3n) is 5.14. The Bertz CT molecular complexity index is 635. The van der Waals surface area contributed by atoms with Gasteiger partial charge in [0.15, 0.2) is 11.5 Å². The highest BCUT2D eigenvalue weighted by Crippen LogP contribution is 2.34. The first-order valence-electron chi connectivity index (χ1n) is 8.69. The van der Waals surface area contributed by atoms with Crippen molar-refractivity contribution in [2.24, 2.45) is 0 Å². The van der Waals surface area contributed by atoms with E-state index in [4.69, 9.17) is 14.2 Å². The Morgan fingerprint density at radius 2 is 1.96 bits per heavy atom. The maximum absolute atomic E-state index is 11.7. The van der Waals surface area contributed by atoms with E-state index in [1.807, 2.05) is 13.1 Å². The maximum atomic E-state index is 11.7. The lowest BCUT2D eigenvalue weighted by atomic mass is 9.95. The lowest BCUT2D eigenvalue weighted by Gasteiger charge is -2.25. The van der Waals surface area contributed by atoms with Gasteiger partial charge < -0.3 is 19.1 Å². The van der Waals surface area contributed by atoms with Crippen molar-refractivity contribution in [1.82, 2.24) is 9.80 Å². The molecule has 6 nitrogen and oxygen atoms in total. The Kier molecular flexibility index (Phi) is 4.00. The molecule has 0 bridgehead atoms. The summed E-state index contributed by atoms with van der Waals surface area (Å²) in [5, 5.41) is 0. The second kappa shape index (κ2) is 6.16. The zero-order valence-corrected chi connectivity index (χ0v) is 14.1. The fraction of sp³-hybridized carbons (Fsp3) is 0.611. The van der Waals surface area contributed by atoms with E-state index >= 15 is 0 Å². The molecule has 2 fully saturated rings. The van der Waals surface area contributed by atoms with E-state index < -0.39 is 0 Å². The van der Waals surface area contributed by atoms with Gasteiger partial charge in [-0.15, -0.1) is 0 Å². The van der Waals surface area contributed by atoms with Crippen molar-refractivity contribution >= 4 is 6.09 Å². The summed E-state index contributed by atoms with van der Waals surface area (Å²) in [7, 11) is 1.81. The number of ether oxygens (including phenoxy) is 3. The molecule has 4 rings (SSSR count). The zero-order chi connectivity index (χ0) is 16.6. The number of hydrogen-bond acceptors (Lipinski definition) is 5. The Balaban J connectivity index is 1.40. The van der Waals surface area contributed by atoms with Crippen molar-refractivity contribution in [1.29, 1.82) is 0 Å². The van der Waals surface area contributed by atoms with Crippen LogP contribution in [0.2, 0.25) is 0 Å². The highest BCUT2D eigenvalue weighted by Gasteiger charge is 2.44. The van der Waals surface area contributed by atoms with Crippen LogP contribution in [0.3, 0.4) is 0 Å². The fourth-order valence-electron chi connectivity index (χ4n) is 3.88. The number of nitrogens with zero attached hydrogens (tertiary/aromatic N) is 2. The van der Waals surface area contributed by atoms with Crippen LogP contribution in [0.15, 0.2) is 18.2 Å². The smallest absolute Gasteiger partial charge is 0.410 e. The van der Waals surface area contributed by atoms with Gasteiger partial charge in [-0.25, -0.2) is 4.79 Å². The molecule has 1 spiro atoms. The average molecular weight is 332 g/mol. The number of carbonyl (C=O) groups excluding carboxylic acids is 1. The topological polar surface area (TPSA) is 51.2 Å². The van der Waals surface area contributed by atoms with E-state index in [0.29, 0.717) is 19.8 Å². The minimum absolute atomic E-state index is 0.185. The Morgan fingerprint density at radius 1 is 1.12 bits per heavy atom. The number of rotatable bonds is 2. The Morgan fingerprint density at radius 3 is 2.75 bits per heavy atom. The number of hydrogen-bond donors (Lipinski definition) is 0. The van der Waals surface area contributed by atoms with Gasteiger partial charge in [0.1, 0.15) is 18.8 Å². The molecule has 0 N–H and O–H groups in total. The summed E-state index contributed by atoms with van der Waals surface area (Å²) >= 11 is 0. The third kappa shape index (κ3) is 3.02. The summed E-state index contributed by atoms with van der Waals surface area (Å²) in [6, 6.07) is 6.19. The van der Waals surface area contributed by atoms with Gasteiger partial charge in [0.25, 0.3) is 0 Å². The van der Waals surface area contributed by atoms with E-state index in [1.165, 1.54) is 5.56 Å². The quantitative estimate of drug-likeness (QED) is 0.831. The molecule has 3 heterocycles. The molecule has 0 aromatic heterocycles. The minimum atomic E-state index is -0.284. The average Bonchev–Trinajstić information content (AvgIpc) is 2.74. The summed E-state index contributed by atoms with van der Waals surface area (Å²) in [5.74, 6) is 1.68. The molecule has 0 aliphatic carbocycles. The molecule has 6 heteroatoms. The molecule has 0 radical (unpaired) electrons. The van der Waals surface area contributed by atoms with E-state index in [-0.39, 0.29) is 11.7 Å². The molecule has 1 aromatic rings. The lowest BCUT2D eigenvalue weighted by Crippen LogP contribution is -2.35. The molecule has 130 valence electrons.